The zero-order valence-electron chi connectivity index (χ0n) is 17.2. The summed E-state index contributed by atoms with van der Waals surface area (Å²) in [4.78, 5) is 29.2. The van der Waals surface area contributed by atoms with E-state index < -0.39 is 30.2 Å². The Morgan fingerprint density at radius 3 is 2.70 bits per heavy atom. The van der Waals surface area contributed by atoms with Crippen molar-refractivity contribution < 1.29 is 31.9 Å². The molecule has 0 aliphatic carbocycles. The van der Waals surface area contributed by atoms with Crippen LogP contribution in [0.3, 0.4) is 0 Å². The van der Waals surface area contributed by atoms with Gasteiger partial charge in [-0.2, -0.15) is 18.3 Å². The normalized spacial score (nSPS) is 13.8. The second-order valence-electron chi connectivity index (χ2n) is 7.25. The van der Waals surface area contributed by atoms with Crippen LogP contribution in [0.5, 0.6) is 0 Å². The van der Waals surface area contributed by atoms with E-state index >= 15 is 0 Å². The molecule has 3 heterocycles. The molecule has 0 aliphatic heterocycles. The van der Waals surface area contributed by atoms with Crippen LogP contribution in [0.25, 0.3) is 16.6 Å². The fourth-order valence-corrected chi connectivity index (χ4v) is 3.35. The van der Waals surface area contributed by atoms with Gasteiger partial charge in [0.1, 0.15) is 22.5 Å². The van der Waals surface area contributed by atoms with Gasteiger partial charge in [0.15, 0.2) is 11.8 Å². The van der Waals surface area contributed by atoms with Crippen LogP contribution in [0.1, 0.15) is 46.4 Å². The minimum atomic E-state index is -4.71. The van der Waals surface area contributed by atoms with Crippen LogP contribution in [-0.4, -0.2) is 38.8 Å². The predicted octanol–water partition coefficient (Wildman–Crippen LogP) is 4.73. The highest BCUT2D eigenvalue weighted by Gasteiger charge is 2.39. The van der Waals surface area contributed by atoms with Crippen molar-refractivity contribution >= 4 is 40.1 Å². The molecule has 1 N–H and O–H groups in total. The van der Waals surface area contributed by atoms with Crippen molar-refractivity contribution in [2.45, 2.75) is 32.2 Å². The van der Waals surface area contributed by atoms with Crippen molar-refractivity contribution in [1.29, 1.82) is 0 Å². The fraction of sp³-hybridized carbons (Fsp3) is 0.238. The summed E-state index contributed by atoms with van der Waals surface area (Å²) in [6.07, 6.45) is -2.48. The summed E-state index contributed by atoms with van der Waals surface area (Å²) in [7, 11) is 0. The van der Waals surface area contributed by atoms with Gasteiger partial charge in [0.25, 0.3) is 5.91 Å². The first kappa shape index (κ1) is 22.6. The fourth-order valence-electron chi connectivity index (χ4n) is 3.13. The van der Waals surface area contributed by atoms with E-state index in [2.05, 4.69) is 20.1 Å². The first-order valence-electron chi connectivity index (χ1n) is 9.64. The number of aromatic nitrogens is 3. The van der Waals surface area contributed by atoms with Gasteiger partial charge in [-0.1, -0.05) is 11.6 Å². The molecule has 0 bridgehead atoms. The minimum Gasteiger partial charge on any atom is -0.458 e. The topological polar surface area (TPSA) is 98.7 Å². The van der Waals surface area contributed by atoms with Crippen molar-refractivity contribution in [2.24, 2.45) is 0 Å². The van der Waals surface area contributed by atoms with E-state index in [4.69, 9.17) is 16.0 Å². The number of furan rings is 1. The molecule has 3 aromatic heterocycles. The van der Waals surface area contributed by atoms with Crippen LogP contribution in [0.4, 0.5) is 13.2 Å². The Bertz CT molecular complexity index is 1360. The quantitative estimate of drug-likeness (QED) is 0.415. The number of amides is 1. The van der Waals surface area contributed by atoms with Crippen molar-refractivity contribution in [2.75, 3.05) is 0 Å². The number of hydrogen-bond donors (Lipinski definition) is 1. The van der Waals surface area contributed by atoms with Gasteiger partial charge in [-0.05, 0) is 38.1 Å². The summed E-state index contributed by atoms with van der Waals surface area (Å²) in [6.45, 7) is 2.36. The molecular weight excluding hydrogens is 465 g/mol. The Morgan fingerprint density at radius 2 is 1.97 bits per heavy atom. The Balaban J connectivity index is 1.60. The number of carbonyl (C=O) groups is 2. The van der Waals surface area contributed by atoms with E-state index in [1.165, 1.54) is 29.0 Å². The maximum absolute atomic E-state index is 12.8. The van der Waals surface area contributed by atoms with Crippen LogP contribution in [0.2, 0.25) is 5.02 Å². The largest absolute Gasteiger partial charge is 0.458 e. The van der Waals surface area contributed by atoms with Gasteiger partial charge < -0.3 is 14.5 Å². The van der Waals surface area contributed by atoms with Crippen molar-refractivity contribution in [3.63, 3.8) is 0 Å². The first-order chi connectivity index (χ1) is 15.5. The highest BCUT2D eigenvalue weighted by Crippen LogP contribution is 2.32. The number of alkyl halides is 3. The molecule has 0 saturated heterocycles. The highest BCUT2D eigenvalue weighted by atomic mass is 35.5. The molecule has 0 radical (unpaired) electrons. The van der Waals surface area contributed by atoms with Gasteiger partial charge in [-0.15, -0.1) is 0 Å². The molecule has 0 aliphatic rings. The summed E-state index contributed by atoms with van der Waals surface area (Å²) in [5.41, 5.74) is 0.340. The Hall–Kier alpha value is -3.60. The van der Waals surface area contributed by atoms with Crippen LogP contribution in [-0.2, 0) is 4.74 Å². The standard InChI is InChI=1S/C21H16ClF3N4O4/c1-10(28-19(30)15-9-27-29-5-3-4-26-18(15)29)16-7-12-6-13(22)8-14(17(12)33-16)20(31)32-11(2)21(23,24)25/h3-11H,1-2H3,(H,28,30)/t10-,11+/m0/s1. The van der Waals surface area contributed by atoms with Crippen LogP contribution < -0.4 is 5.32 Å². The van der Waals surface area contributed by atoms with Gasteiger partial charge in [-0.3, -0.25) is 4.79 Å². The van der Waals surface area contributed by atoms with Gasteiger partial charge in [0, 0.05) is 22.8 Å². The van der Waals surface area contributed by atoms with Crippen molar-refractivity contribution in [3.05, 3.63) is 64.8 Å². The van der Waals surface area contributed by atoms with Crippen molar-refractivity contribution in [3.8, 4) is 0 Å². The monoisotopic (exact) mass is 480 g/mol. The third-order valence-electron chi connectivity index (χ3n) is 4.86. The molecule has 4 aromatic rings. The first-order valence-corrected chi connectivity index (χ1v) is 10.0. The second-order valence-corrected chi connectivity index (χ2v) is 7.69. The number of halogens is 4. The average molecular weight is 481 g/mol. The number of esters is 1. The third-order valence-corrected chi connectivity index (χ3v) is 5.08. The minimum absolute atomic E-state index is 0.00692. The maximum Gasteiger partial charge on any atom is 0.425 e. The predicted molar refractivity (Wildman–Crippen MR) is 111 cm³/mol. The number of nitrogens with zero attached hydrogens (tertiary/aromatic N) is 3. The number of nitrogens with one attached hydrogen (secondary N) is 1. The Kier molecular flexibility index (Phi) is 5.75. The highest BCUT2D eigenvalue weighted by molar-refractivity contribution is 6.32. The van der Waals surface area contributed by atoms with Gasteiger partial charge in [0.05, 0.1) is 12.2 Å². The molecule has 8 nitrogen and oxygen atoms in total. The molecule has 4 rings (SSSR count). The maximum atomic E-state index is 12.8. The molecule has 2 atom stereocenters. The lowest BCUT2D eigenvalue weighted by atomic mass is 10.1. The number of ether oxygens (including phenoxy) is 1. The molecule has 1 aromatic carbocycles. The van der Waals surface area contributed by atoms with E-state index in [1.54, 1.807) is 19.2 Å². The van der Waals surface area contributed by atoms with Crippen LogP contribution in [0.15, 0.2) is 47.3 Å². The number of carbonyl (C=O) groups excluding carboxylic acids is 2. The number of hydrogen-bond acceptors (Lipinski definition) is 6. The van der Waals surface area contributed by atoms with Gasteiger partial charge in [0.2, 0.25) is 0 Å². The van der Waals surface area contributed by atoms with E-state index in [0.717, 1.165) is 13.0 Å². The second kappa shape index (κ2) is 8.39. The van der Waals surface area contributed by atoms with Crippen LogP contribution >= 0.6 is 11.6 Å². The van der Waals surface area contributed by atoms with Crippen molar-refractivity contribution in [1.82, 2.24) is 19.9 Å². The van der Waals surface area contributed by atoms with E-state index in [0.29, 0.717) is 11.0 Å². The molecule has 33 heavy (non-hydrogen) atoms. The zero-order valence-corrected chi connectivity index (χ0v) is 17.9. The lowest BCUT2D eigenvalue weighted by Crippen LogP contribution is -2.30. The smallest absolute Gasteiger partial charge is 0.425 e. The Labute approximate surface area is 189 Å². The molecule has 0 unspecified atom stereocenters. The molecule has 172 valence electrons. The number of rotatable bonds is 5. The molecule has 0 spiro atoms. The molecular formula is C21H16ClF3N4O4. The summed E-state index contributed by atoms with van der Waals surface area (Å²) in [5, 5.41) is 7.27. The average Bonchev–Trinajstić information content (AvgIpc) is 3.36. The lowest BCUT2D eigenvalue weighted by molar-refractivity contribution is -0.198. The summed E-state index contributed by atoms with van der Waals surface area (Å²) < 4.78 is 50.0. The third kappa shape index (κ3) is 4.49. The molecule has 0 fully saturated rings. The number of benzene rings is 1. The summed E-state index contributed by atoms with van der Waals surface area (Å²) in [5.74, 6) is -1.45. The SMILES string of the molecule is C[C@H](NC(=O)c1cnn2cccnc12)c1cc2cc(Cl)cc(C(=O)O[C@H](C)C(F)(F)F)c2o1. The lowest BCUT2D eigenvalue weighted by Gasteiger charge is -2.16. The summed E-state index contributed by atoms with van der Waals surface area (Å²) >= 11 is 6.03. The van der Waals surface area contributed by atoms with Crippen LogP contribution in [0, 0.1) is 0 Å². The molecule has 1 amide bonds. The Morgan fingerprint density at radius 1 is 1.21 bits per heavy atom. The number of fused-ring (bicyclic) bond motifs is 2. The van der Waals surface area contributed by atoms with E-state index in [9.17, 15) is 22.8 Å². The summed E-state index contributed by atoms with van der Waals surface area (Å²) in [6, 6.07) is 5.18. The van der Waals surface area contributed by atoms with Gasteiger partial charge >= 0.3 is 12.1 Å². The van der Waals surface area contributed by atoms with E-state index in [1.807, 2.05) is 0 Å². The molecule has 0 saturated carbocycles. The molecule has 12 heteroatoms. The van der Waals surface area contributed by atoms with E-state index in [-0.39, 0.29) is 27.5 Å². The zero-order chi connectivity index (χ0) is 23.9. The van der Waals surface area contributed by atoms with Gasteiger partial charge in [-0.25, -0.2) is 14.3 Å².